The first-order valence-electron chi connectivity index (χ1n) is 11.9. The molecule has 0 saturated heterocycles. The number of aryl methyl sites for hydroxylation is 1. The Kier molecular flexibility index (Phi) is 9.70. The molecule has 2 aromatic carbocycles. The lowest BCUT2D eigenvalue weighted by atomic mass is 10.0. The van der Waals surface area contributed by atoms with Gasteiger partial charge in [0, 0.05) is 17.0 Å². The maximum atomic E-state index is 12.7. The molecule has 6 nitrogen and oxygen atoms in total. The zero-order valence-corrected chi connectivity index (χ0v) is 22.2. The van der Waals surface area contributed by atoms with Gasteiger partial charge in [0.2, 0.25) is 5.91 Å². The number of hydrogen-bond acceptors (Lipinski definition) is 6. The van der Waals surface area contributed by atoms with Crippen molar-refractivity contribution in [3.63, 3.8) is 0 Å². The quantitative estimate of drug-likeness (QED) is 0.227. The third-order valence-corrected chi connectivity index (χ3v) is 6.55. The van der Waals surface area contributed by atoms with Gasteiger partial charge in [-0.25, -0.2) is 4.79 Å². The molecule has 1 N–H and O–H groups in total. The molecule has 7 heteroatoms. The average Bonchev–Trinajstić information content (AvgIpc) is 3.30. The molecule has 0 unspecified atom stereocenters. The number of esters is 1. The molecular formula is C29H33NO5S. The molecule has 0 fully saturated rings. The summed E-state index contributed by atoms with van der Waals surface area (Å²) in [6.45, 7) is 7.00. The number of benzene rings is 2. The van der Waals surface area contributed by atoms with Crippen molar-refractivity contribution in [1.29, 1.82) is 0 Å². The van der Waals surface area contributed by atoms with Gasteiger partial charge in [0.05, 0.1) is 20.8 Å². The maximum absolute atomic E-state index is 12.7. The van der Waals surface area contributed by atoms with Crippen molar-refractivity contribution in [1.82, 2.24) is 0 Å². The normalized spacial score (nSPS) is 11.1. The molecule has 190 valence electrons. The van der Waals surface area contributed by atoms with Gasteiger partial charge in [-0.3, -0.25) is 4.79 Å². The van der Waals surface area contributed by atoms with Gasteiger partial charge in [0.25, 0.3) is 0 Å². The summed E-state index contributed by atoms with van der Waals surface area (Å²) in [5.74, 6) is 0.971. The van der Waals surface area contributed by atoms with Crippen molar-refractivity contribution >= 4 is 34.3 Å². The van der Waals surface area contributed by atoms with Crippen LogP contribution >= 0.6 is 11.3 Å². The van der Waals surface area contributed by atoms with Gasteiger partial charge < -0.3 is 19.5 Å². The Morgan fingerprint density at radius 2 is 1.81 bits per heavy atom. The van der Waals surface area contributed by atoms with E-state index >= 15 is 0 Å². The minimum atomic E-state index is -0.497. The Morgan fingerprint density at radius 3 is 2.44 bits per heavy atom. The summed E-state index contributed by atoms with van der Waals surface area (Å²) in [7, 11) is 2.92. The number of carbonyl (C=O) groups excluding carboxylic acids is 2. The number of amides is 1. The Labute approximate surface area is 216 Å². The largest absolute Gasteiger partial charge is 0.493 e. The number of hydrogen-bond donors (Lipinski definition) is 1. The summed E-state index contributed by atoms with van der Waals surface area (Å²) >= 11 is 1.29. The molecule has 0 spiro atoms. The van der Waals surface area contributed by atoms with Gasteiger partial charge in [-0.05, 0) is 53.7 Å². The fraction of sp³-hybridized carbons (Fsp3) is 0.310. The first-order valence-corrected chi connectivity index (χ1v) is 12.8. The van der Waals surface area contributed by atoms with E-state index in [1.54, 1.807) is 13.2 Å². The van der Waals surface area contributed by atoms with Crippen LogP contribution in [0.4, 0.5) is 5.00 Å². The van der Waals surface area contributed by atoms with Crippen molar-refractivity contribution in [2.24, 2.45) is 5.92 Å². The molecule has 0 aliphatic rings. The van der Waals surface area contributed by atoms with E-state index in [0.717, 1.165) is 29.5 Å². The lowest BCUT2D eigenvalue weighted by molar-refractivity contribution is -0.111. The molecule has 0 aliphatic carbocycles. The monoisotopic (exact) mass is 507 g/mol. The Morgan fingerprint density at radius 1 is 1.06 bits per heavy atom. The zero-order valence-electron chi connectivity index (χ0n) is 21.4. The van der Waals surface area contributed by atoms with Crippen molar-refractivity contribution in [2.45, 2.75) is 33.6 Å². The first kappa shape index (κ1) is 27.0. The van der Waals surface area contributed by atoms with Crippen molar-refractivity contribution in [3.05, 3.63) is 70.6 Å². The van der Waals surface area contributed by atoms with E-state index < -0.39 is 5.97 Å². The minimum Gasteiger partial charge on any atom is -0.493 e. The van der Waals surface area contributed by atoms with Crippen molar-refractivity contribution in [2.75, 3.05) is 26.1 Å². The lowest BCUT2D eigenvalue weighted by Gasteiger charge is -2.12. The van der Waals surface area contributed by atoms with Crippen LogP contribution < -0.4 is 14.8 Å². The Hall–Kier alpha value is -3.58. The van der Waals surface area contributed by atoms with Crippen LogP contribution in [0.5, 0.6) is 11.5 Å². The Balaban J connectivity index is 1.75. The van der Waals surface area contributed by atoms with Crippen LogP contribution in [0, 0.1) is 5.92 Å². The van der Waals surface area contributed by atoms with E-state index in [4.69, 9.17) is 14.2 Å². The summed E-state index contributed by atoms with van der Waals surface area (Å²) in [6, 6.07) is 13.5. The smallest absolute Gasteiger partial charge is 0.341 e. The number of methoxy groups -OCH3 is 2. The fourth-order valence-electron chi connectivity index (χ4n) is 3.52. The van der Waals surface area contributed by atoms with Crippen LogP contribution in [0.3, 0.4) is 0 Å². The number of rotatable bonds is 11. The van der Waals surface area contributed by atoms with E-state index in [9.17, 15) is 9.59 Å². The fourth-order valence-corrected chi connectivity index (χ4v) is 4.48. The van der Waals surface area contributed by atoms with Crippen LogP contribution in [0.15, 0.2) is 53.9 Å². The van der Waals surface area contributed by atoms with Crippen LogP contribution in [0.2, 0.25) is 0 Å². The second-order valence-electron chi connectivity index (χ2n) is 8.66. The highest BCUT2D eigenvalue weighted by atomic mass is 32.1. The van der Waals surface area contributed by atoms with Gasteiger partial charge in [0.15, 0.2) is 11.5 Å². The van der Waals surface area contributed by atoms with Crippen molar-refractivity contribution in [3.8, 4) is 22.6 Å². The molecule has 36 heavy (non-hydrogen) atoms. The van der Waals surface area contributed by atoms with Crippen LogP contribution in [-0.2, 0) is 16.0 Å². The highest BCUT2D eigenvalue weighted by Crippen LogP contribution is 2.36. The van der Waals surface area contributed by atoms with Crippen LogP contribution in [0.25, 0.3) is 17.2 Å². The predicted octanol–water partition coefficient (Wildman–Crippen LogP) is 6.85. The highest BCUT2D eigenvalue weighted by molar-refractivity contribution is 7.15. The van der Waals surface area contributed by atoms with Crippen LogP contribution in [0.1, 0.15) is 48.7 Å². The van der Waals surface area contributed by atoms with Gasteiger partial charge in [-0.15, -0.1) is 11.3 Å². The first-order chi connectivity index (χ1) is 17.4. The molecule has 0 atom stereocenters. The molecule has 0 aliphatic heterocycles. The standard InChI is InChI=1S/C29H33NO5S/c1-6-20-7-11-22(12-8-20)23-18-36-28(27(23)29(32)34-5)30-26(31)14-10-21-9-13-24(25(17-21)33-4)35-16-15-19(2)3/h7-14,17-19H,6,15-16H2,1-5H3,(H,30,31)/b14-10+. The van der Waals surface area contributed by atoms with Crippen molar-refractivity contribution < 1.29 is 23.8 Å². The summed E-state index contributed by atoms with van der Waals surface area (Å²) in [6.07, 6.45) is 4.99. The molecule has 3 rings (SSSR count). The van der Waals surface area contributed by atoms with E-state index in [0.29, 0.717) is 34.6 Å². The summed E-state index contributed by atoms with van der Waals surface area (Å²) < 4.78 is 16.3. The second kappa shape index (κ2) is 12.9. The number of nitrogens with one attached hydrogen (secondary N) is 1. The molecule has 1 amide bonds. The lowest BCUT2D eigenvalue weighted by Crippen LogP contribution is -2.11. The number of carbonyl (C=O) groups is 2. The molecular weight excluding hydrogens is 474 g/mol. The summed E-state index contributed by atoms with van der Waals surface area (Å²) in [4.78, 5) is 25.3. The molecule has 0 radical (unpaired) electrons. The highest BCUT2D eigenvalue weighted by Gasteiger charge is 2.22. The summed E-state index contributed by atoms with van der Waals surface area (Å²) in [5.41, 5.74) is 3.96. The molecule has 1 heterocycles. The number of ether oxygens (including phenoxy) is 3. The Bertz CT molecular complexity index is 1210. The molecule has 1 aromatic heterocycles. The average molecular weight is 508 g/mol. The van der Waals surface area contributed by atoms with Gasteiger partial charge in [-0.1, -0.05) is 51.1 Å². The second-order valence-corrected chi connectivity index (χ2v) is 9.54. The number of thiophene rings is 1. The third kappa shape index (κ3) is 6.98. The van der Waals surface area contributed by atoms with E-state index in [2.05, 4.69) is 26.1 Å². The minimum absolute atomic E-state index is 0.345. The van der Waals surface area contributed by atoms with Crippen LogP contribution in [-0.4, -0.2) is 32.7 Å². The predicted molar refractivity (Wildman–Crippen MR) is 146 cm³/mol. The van der Waals surface area contributed by atoms with Gasteiger partial charge in [0.1, 0.15) is 10.6 Å². The van der Waals surface area contributed by atoms with Gasteiger partial charge >= 0.3 is 5.97 Å². The SMILES string of the molecule is CCc1ccc(-c2csc(NC(=O)/C=C/c3ccc(OCCC(C)C)c(OC)c3)c2C(=O)OC)cc1. The molecule has 0 saturated carbocycles. The summed E-state index contributed by atoms with van der Waals surface area (Å²) in [5, 5.41) is 5.12. The van der Waals surface area contributed by atoms with E-state index in [-0.39, 0.29) is 5.91 Å². The molecule has 3 aromatic rings. The van der Waals surface area contributed by atoms with E-state index in [1.807, 2.05) is 47.8 Å². The number of anilines is 1. The van der Waals surface area contributed by atoms with E-state index in [1.165, 1.54) is 30.1 Å². The van der Waals surface area contributed by atoms with Gasteiger partial charge in [-0.2, -0.15) is 0 Å². The zero-order chi connectivity index (χ0) is 26.1. The molecule has 0 bridgehead atoms. The topological polar surface area (TPSA) is 73.9 Å². The third-order valence-electron chi connectivity index (χ3n) is 5.66. The maximum Gasteiger partial charge on any atom is 0.341 e.